The van der Waals surface area contributed by atoms with E-state index in [0.29, 0.717) is 21.5 Å². The van der Waals surface area contributed by atoms with Crippen LogP contribution < -0.4 is 11.1 Å². The molecule has 6 heterocycles. The summed E-state index contributed by atoms with van der Waals surface area (Å²) in [7, 11) is 0. The van der Waals surface area contributed by atoms with Gasteiger partial charge in [0.05, 0.1) is 56.2 Å². The number of nitrogens with two attached hydrogens (primary N) is 1. The summed E-state index contributed by atoms with van der Waals surface area (Å²) in [5.41, 5.74) is 16.1. The zero-order chi connectivity index (χ0) is 35.6. The van der Waals surface area contributed by atoms with E-state index < -0.39 is 0 Å². The summed E-state index contributed by atoms with van der Waals surface area (Å²) in [5.74, 6) is 0.680. The summed E-state index contributed by atoms with van der Waals surface area (Å²) in [6.45, 7) is 7.95. The van der Waals surface area contributed by atoms with Gasteiger partial charge in [-0.25, -0.2) is 24.9 Å². The molecular formula is C39H34Cl2N10. The lowest BCUT2D eigenvalue weighted by molar-refractivity contribution is 0.816. The van der Waals surface area contributed by atoms with Crippen molar-refractivity contribution in [1.82, 2.24) is 39.9 Å². The van der Waals surface area contributed by atoms with Crippen LogP contribution in [0.2, 0.25) is 10.0 Å². The van der Waals surface area contributed by atoms with E-state index in [4.69, 9.17) is 43.9 Å². The van der Waals surface area contributed by atoms with E-state index in [-0.39, 0.29) is 12.1 Å². The van der Waals surface area contributed by atoms with Gasteiger partial charge >= 0.3 is 0 Å². The predicted molar refractivity (Wildman–Crippen MR) is 206 cm³/mol. The first-order valence-electron chi connectivity index (χ1n) is 16.4. The van der Waals surface area contributed by atoms with Crippen LogP contribution >= 0.6 is 23.2 Å². The highest BCUT2D eigenvalue weighted by Crippen LogP contribution is 2.34. The van der Waals surface area contributed by atoms with E-state index >= 15 is 0 Å². The number of fused-ring (bicyclic) bond motifs is 3. The highest BCUT2D eigenvalue weighted by molar-refractivity contribution is 6.35. The molecule has 0 saturated carbocycles. The Morgan fingerprint density at radius 2 is 1.22 bits per heavy atom. The quantitative estimate of drug-likeness (QED) is 0.154. The fourth-order valence-electron chi connectivity index (χ4n) is 5.95. The van der Waals surface area contributed by atoms with Crippen LogP contribution in [0.3, 0.4) is 0 Å². The Balaban J connectivity index is 0.000000170. The fraction of sp³-hybridized carbons (Fsp3) is 0.154. The van der Waals surface area contributed by atoms with E-state index in [0.717, 1.165) is 72.6 Å². The molecule has 0 unspecified atom stereocenters. The second kappa shape index (κ2) is 14.4. The Kier molecular flexibility index (Phi) is 9.55. The number of aromatic nitrogens is 8. The van der Waals surface area contributed by atoms with E-state index in [1.165, 1.54) is 6.33 Å². The summed E-state index contributed by atoms with van der Waals surface area (Å²) >= 11 is 12.7. The molecule has 12 heteroatoms. The molecule has 2 atom stereocenters. The smallest absolute Gasteiger partial charge is 0.182 e. The molecular weight excluding hydrogens is 679 g/mol. The normalized spacial score (nSPS) is 12.5. The van der Waals surface area contributed by atoms with Crippen LogP contribution in [-0.2, 0) is 0 Å². The lowest BCUT2D eigenvalue weighted by Crippen LogP contribution is -2.11. The Hall–Kier alpha value is -5.55. The third-order valence-electron chi connectivity index (χ3n) is 8.45. The molecule has 2 aromatic carbocycles. The molecule has 8 aromatic rings. The standard InChI is InChI=1S/C22H18ClN7.C17H16ClN3/c1-12-5-3-8-17(28-12)19-15(9-14-6-4-7-16(23)18(14)30-19)13(2)29-22-20-21(25-10-24-20)26-11-27-22;1-10-5-3-8-15(20-10)17-13(11(2)19)9-12-6-4-7-14(18)16(12)21-17/h3-11,13H,1-2H3,(H2,24,25,26,27,29);3-9,11H,19H2,1-2H3/t13-;11-/m00/s1. The number of imidazole rings is 1. The molecule has 6 aromatic heterocycles. The zero-order valence-corrected chi connectivity index (χ0v) is 29.9. The third-order valence-corrected chi connectivity index (χ3v) is 9.06. The molecule has 0 aliphatic heterocycles. The van der Waals surface area contributed by atoms with Crippen molar-refractivity contribution in [2.75, 3.05) is 5.32 Å². The van der Waals surface area contributed by atoms with Gasteiger partial charge in [0.25, 0.3) is 0 Å². The number of nitrogens with zero attached hydrogens (tertiary/aromatic N) is 7. The Bertz CT molecular complexity index is 2530. The van der Waals surface area contributed by atoms with Gasteiger partial charge in [0.15, 0.2) is 11.5 Å². The maximum atomic E-state index is 6.44. The van der Waals surface area contributed by atoms with Crippen molar-refractivity contribution in [1.29, 1.82) is 0 Å². The highest BCUT2D eigenvalue weighted by atomic mass is 35.5. The average molecular weight is 714 g/mol. The monoisotopic (exact) mass is 712 g/mol. The maximum absolute atomic E-state index is 6.44. The fourth-order valence-corrected chi connectivity index (χ4v) is 6.40. The number of pyridine rings is 4. The molecule has 254 valence electrons. The van der Waals surface area contributed by atoms with Crippen LogP contribution in [-0.4, -0.2) is 39.9 Å². The van der Waals surface area contributed by atoms with Crippen molar-refractivity contribution < 1.29 is 0 Å². The van der Waals surface area contributed by atoms with Gasteiger partial charge in [-0.3, -0.25) is 9.97 Å². The number of rotatable bonds is 6. The minimum absolute atomic E-state index is 0.111. The molecule has 0 radical (unpaired) electrons. The Morgan fingerprint density at radius 3 is 1.78 bits per heavy atom. The van der Waals surface area contributed by atoms with E-state index in [9.17, 15) is 0 Å². The number of nitrogens with one attached hydrogen (secondary N) is 2. The van der Waals surface area contributed by atoms with Crippen molar-refractivity contribution in [3.63, 3.8) is 0 Å². The van der Waals surface area contributed by atoms with E-state index in [2.05, 4.69) is 49.3 Å². The Morgan fingerprint density at radius 1 is 0.667 bits per heavy atom. The minimum Gasteiger partial charge on any atom is -0.362 e. The van der Waals surface area contributed by atoms with Crippen LogP contribution in [0.1, 0.15) is 48.4 Å². The van der Waals surface area contributed by atoms with Crippen LogP contribution in [0.15, 0.2) is 97.6 Å². The van der Waals surface area contributed by atoms with Gasteiger partial charge < -0.3 is 16.0 Å². The highest BCUT2D eigenvalue weighted by Gasteiger charge is 2.19. The van der Waals surface area contributed by atoms with Crippen LogP contribution in [0.5, 0.6) is 0 Å². The number of aromatic amines is 1. The first-order chi connectivity index (χ1) is 24.7. The first-order valence-corrected chi connectivity index (χ1v) is 17.1. The summed E-state index contributed by atoms with van der Waals surface area (Å²) < 4.78 is 0. The van der Waals surface area contributed by atoms with Gasteiger partial charge in [0, 0.05) is 33.8 Å². The summed E-state index contributed by atoms with van der Waals surface area (Å²) in [6, 6.07) is 27.3. The molecule has 4 N–H and O–H groups in total. The first kappa shape index (κ1) is 33.9. The topological polar surface area (TPSA) is 144 Å². The lowest BCUT2D eigenvalue weighted by Gasteiger charge is -2.19. The SMILES string of the molecule is Cc1cccc(-c2nc3c(Cl)cccc3cc2[C@H](C)N)n1.Cc1cccc(-c2nc3c(Cl)cccc3cc2[C@H](C)Nc2ncnc3nc[nH]c23)n1. The lowest BCUT2D eigenvalue weighted by atomic mass is 10.0. The summed E-state index contributed by atoms with van der Waals surface area (Å²) in [5, 5.41) is 6.68. The number of H-pyrrole nitrogens is 1. The number of para-hydroxylation sites is 2. The molecule has 0 aliphatic rings. The molecule has 0 saturated heterocycles. The van der Waals surface area contributed by atoms with Crippen LogP contribution in [0.25, 0.3) is 55.7 Å². The maximum Gasteiger partial charge on any atom is 0.182 e. The third kappa shape index (κ3) is 7.07. The Labute approximate surface area is 304 Å². The summed E-state index contributed by atoms with van der Waals surface area (Å²) in [6.07, 6.45) is 3.11. The predicted octanol–water partition coefficient (Wildman–Crippen LogP) is 9.38. The second-order valence-corrected chi connectivity index (χ2v) is 13.1. The van der Waals surface area contributed by atoms with E-state index in [1.54, 1.807) is 6.33 Å². The largest absolute Gasteiger partial charge is 0.362 e. The van der Waals surface area contributed by atoms with Gasteiger partial charge in [-0.15, -0.1) is 0 Å². The molecule has 51 heavy (non-hydrogen) atoms. The number of benzene rings is 2. The molecule has 0 spiro atoms. The van der Waals surface area contributed by atoms with Crippen molar-refractivity contribution in [2.24, 2.45) is 5.73 Å². The van der Waals surface area contributed by atoms with Crippen molar-refractivity contribution in [3.05, 3.63) is 130 Å². The molecule has 0 bridgehead atoms. The average Bonchev–Trinajstić information content (AvgIpc) is 3.62. The molecule has 0 aliphatic carbocycles. The molecule has 0 fully saturated rings. The number of halogens is 2. The van der Waals surface area contributed by atoms with Gasteiger partial charge in [0.2, 0.25) is 0 Å². The zero-order valence-electron chi connectivity index (χ0n) is 28.4. The van der Waals surface area contributed by atoms with Crippen LogP contribution in [0.4, 0.5) is 5.82 Å². The number of hydrogen-bond acceptors (Lipinski definition) is 9. The molecule has 8 rings (SSSR count). The van der Waals surface area contributed by atoms with Crippen molar-refractivity contribution in [3.8, 4) is 22.8 Å². The second-order valence-electron chi connectivity index (χ2n) is 12.3. The van der Waals surface area contributed by atoms with Crippen molar-refractivity contribution in [2.45, 2.75) is 39.8 Å². The van der Waals surface area contributed by atoms with Crippen LogP contribution in [0, 0.1) is 13.8 Å². The van der Waals surface area contributed by atoms with E-state index in [1.807, 2.05) is 93.6 Å². The molecule has 0 amide bonds. The van der Waals surface area contributed by atoms with Gasteiger partial charge in [-0.1, -0.05) is 59.6 Å². The van der Waals surface area contributed by atoms with Gasteiger partial charge in [-0.05, 0) is 81.8 Å². The number of aryl methyl sites for hydroxylation is 2. The number of hydrogen-bond donors (Lipinski definition) is 3. The van der Waals surface area contributed by atoms with Gasteiger partial charge in [0.1, 0.15) is 11.8 Å². The van der Waals surface area contributed by atoms with Gasteiger partial charge in [-0.2, -0.15) is 0 Å². The van der Waals surface area contributed by atoms with Crippen molar-refractivity contribution >= 4 is 62.0 Å². The minimum atomic E-state index is -0.127. The number of anilines is 1. The summed E-state index contributed by atoms with van der Waals surface area (Å²) in [4.78, 5) is 34.8. The molecule has 10 nitrogen and oxygen atoms in total.